The summed E-state index contributed by atoms with van der Waals surface area (Å²) in [6, 6.07) is 22.1. The summed E-state index contributed by atoms with van der Waals surface area (Å²) >= 11 is 0. The van der Waals surface area contributed by atoms with Gasteiger partial charge in [0.15, 0.2) is 0 Å². The Labute approximate surface area is 189 Å². The molecule has 0 radical (unpaired) electrons. The molecule has 6 rings (SSSR count). The first kappa shape index (κ1) is 19.6. The molecule has 3 nitrogen and oxygen atoms in total. The van der Waals surface area contributed by atoms with Crippen LogP contribution in [0, 0.1) is 5.92 Å². The van der Waals surface area contributed by atoms with Gasteiger partial charge >= 0.3 is 0 Å². The topological polar surface area (TPSA) is 41.1 Å². The van der Waals surface area contributed by atoms with Gasteiger partial charge in [0.25, 0.3) is 5.91 Å². The molecule has 2 aliphatic carbocycles. The number of para-hydroxylation sites is 1. The lowest BCUT2D eigenvalue weighted by Crippen LogP contribution is -2.37. The summed E-state index contributed by atoms with van der Waals surface area (Å²) in [6.07, 6.45) is 11.6. The SMILES string of the molecule is O=C(NC1CCCCC1)c1cccc2c1NC(c1ccc3ccccc3c1)C1CC=CC21. The van der Waals surface area contributed by atoms with Crippen molar-refractivity contribution in [2.45, 2.75) is 56.5 Å². The largest absolute Gasteiger partial charge is 0.377 e. The van der Waals surface area contributed by atoms with E-state index in [-0.39, 0.29) is 11.9 Å². The average Bonchev–Trinajstić information content (AvgIpc) is 3.34. The smallest absolute Gasteiger partial charge is 0.253 e. The molecular weight excluding hydrogens is 392 g/mol. The molecule has 3 aliphatic rings. The average molecular weight is 423 g/mol. The molecule has 3 aromatic rings. The molecule has 0 aromatic heterocycles. The summed E-state index contributed by atoms with van der Waals surface area (Å²) in [7, 11) is 0. The molecule has 3 heteroatoms. The van der Waals surface area contributed by atoms with Crippen LogP contribution in [0.25, 0.3) is 10.8 Å². The molecule has 3 atom stereocenters. The molecule has 1 amide bonds. The number of allylic oxidation sites excluding steroid dienone is 2. The first-order chi connectivity index (χ1) is 15.8. The van der Waals surface area contributed by atoms with E-state index in [1.165, 1.54) is 41.2 Å². The fraction of sp³-hybridized carbons (Fsp3) is 0.345. The van der Waals surface area contributed by atoms with Gasteiger partial charge in [-0.3, -0.25) is 4.79 Å². The second-order valence-electron chi connectivity index (χ2n) is 9.66. The molecule has 2 N–H and O–H groups in total. The Morgan fingerprint density at radius 2 is 1.75 bits per heavy atom. The van der Waals surface area contributed by atoms with Crippen molar-refractivity contribution >= 4 is 22.4 Å². The second kappa shape index (κ2) is 8.12. The van der Waals surface area contributed by atoms with Gasteiger partial charge in [0.2, 0.25) is 0 Å². The minimum absolute atomic E-state index is 0.0685. The lowest BCUT2D eigenvalue weighted by molar-refractivity contribution is 0.0928. The quantitative estimate of drug-likeness (QED) is 0.460. The number of carbonyl (C=O) groups is 1. The summed E-state index contributed by atoms with van der Waals surface area (Å²) < 4.78 is 0. The van der Waals surface area contributed by atoms with Gasteiger partial charge in [0, 0.05) is 12.0 Å². The van der Waals surface area contributed by atoms with Crippen LogP contribution in [-0.2, 0) is 0 Å². The minimum Gasteiger partial charge on any atom is -0.377 e. The van der Waals surface area contributed by atoms with Crippen LogP contribution in [0.1, 0.15) is 72.0 Å². The number of carbonyl (C=O) groups excluding carboxylic acids is 1. The van der Waals surface area contributed by atoms with Crippen LogP contribution in [0.15, 0.2) is 72.8 Å². The zero-order chi connectivity index (χ0) is 21.5. The van der Waals surface area contributed by atoms with Gasteiger partial charge in [-0.25, -0.2) is 0 Å². The van der Waals surface area contributed by atoms with E-state index in [2.05, 4.69) is 77.4 Å². The van der Waals surface area contributed by atoms with E-state index in [9.17, 15) is 4.79 Å². The maximum absolute atomic E-state index is 13.3. The number of amides is 1. The lowest BCUT2D eigenvalue weighted by Gasteiger charge is -2.38. The Morgan fingerprint density at radius 3 is 2.62 bits per heavy atom. The van der Waals surface area contributed by atoms with Crippen LogP contribution in [0.5, 0.6) is 0 Å². The number of nitrogens with one attached hydrogen (secondary N) is 2. The normalized spacial score (nSPS) is 24.6. The van der Waals surface area contributed by atoms with Crippen LogP contribution in [-0.4, -0.2) is 11.9 Å². The Balaban J connectivity index is 1.37. The first-order valence-corrected chi connectivity index (χ1v) is 12.1. The highest BCUT2D eigenvalue weighted by atomic mass is 16.1. The zero-order valence-corrected chi connectivity index (χ0v) is 18.4. The molecule has 3 aromatic carbocycles. The maximum atomic E-state index is 13.3. The Morgan fingerprint density at radius 1 is 0.906 bits per heavy atom. The highest BCUT2D eigenvalue weighted by Gasteiger charge is 2.39. The van der Waals surface area contributed by atoms with Crippen molar-refractivity contribution in [2.75, 3.05) is 5.32 Å². The van der Waals surface area contributed by atoms with E-state index in [1.54, 1.807) is 0 Å². The fourth-order valence-corrected chi connectivity index (χ4v) is 6.05. The van der Waals surface area contributed by atoms with Crippen molar-refractivity contribution in [2.24, 2.45) is 5.92 Å². The number of rotatable bonds is 3. The van der Waals surface area contributed by atoms with E-state index < -0.39 is 0 Å². The molecule has 3 unspecified atom stereocenters. The van der Waals surface area contributed by atoms with E-state index >= 15 is 0 Å². The van der Waals surface area contributed by atoms with Gasteiger partial charge in [-0.2, -0.15) is 0 Å². The number of hydrogen-bond donors (Lipinski definition) is 2. The summed E-state index contributed by atoms with van der Waals surface area (Å²) in [5.74, 6) is 0.893. The summed E-state index contributed by atoms with van der Waals surface area (Å²) in [4.78, 5) is 13.3. The Hall–Kier alpha value is -3.07. The van der Waals surface area contributed by atoms with E-state index in [4.69, 9.17) is 0 Å². The second-order valence-corrected chi connectivity index (χ2v) is 9.66. The summed E-state index contributed by atoms with van der Waals surface area (Å²) in [6.45, 7) is 0. The van der Waals surface area contributed by atoms with Crippen LogP contribution < -0.4 is 10.6 Å². The molecule has 0 saturated heterocycles. The number of fused-ring (bicyclic) bond motifs is 4. The molecule has 0 spiro atoms. The van der Waals surface area contributed by atoms with E-state index in [0.29, 0.717) is 17.9 Å². The third-order valence-corrected chi connectivity index (χ3v) is 7.71. The predicted molar refractivity (Wildman–Crippen MR) is 131 cm³/mol. The van der Waals surface area contributed by atoms with E-state index in [1.807, 2.05) is 6.07 Å². The van der Waals surface area contributed by atoms with Gasteiger partial charge in [0.05, 0.1) is 17.3 Å². The van der Waals surface area contributed by atoms with Crippen molar-refractivity contribution in [3.8, 4) is 0 Å². The standard InChI is InChI=1S/C29H30N2O/c32-29(30-22-10-2-1-3-11-22)26-15-7-14-25-23-12-6-13-24(23)27(31-28(25)26)21-17-16-19-8-4-5-9-20(19)18-21/h4-9,12,14-18,22-24,27,31H,1-3,10-11,13H2,(H,30,32). The third-order valence-electron chi connectivity index (χ3n) is 7.71. The summed E-state index contributed by atoms with van der Waals surface area (Å²) in [5.41, 5.74) is 4.37. The molecule has 0 bridgehead atoms. The van der Waals surface area contributed by atoms with Crippen molar-refractivity contribution in [3.63, 3.8) is 0 Å². The highest BCUT2D eigenvalue weighted by Crippen LogP contribution is 2.50. The van der Waals surface area contributed by atoms with Gasteiger partial charge in [-0.1, -0.05) is 79.9 Å². The molecule has 1 heterocycles. The summed E-state index contributed by atoms with van der Waals surface area (Å²) in [5, 5.41) is 9.69. The van der Waals surface area contributed by atoms with Crippen LogP contribution in [0.2, 0.25) is 0 Å². The van der Waals surface area contributed by atoms with Crippen LogP contribution in [0.3, 0.4) is 0 Å². The fourth-order valence-electron chi connectivity index (χ4n) is 6.05. The van der Waals surface area contributed by atoms with Crippen LogP contribution in [0.4, 0.5) is 5.69 Å². The van der Waals surface area contributed by atoms with Crippen molar-refractivity contribution in [1.29, 1.82) is 0 Å². The third kappa shape index (κ3) is 3.40. The van der Waals surface area contributed by atoms with Gasteiger partial charge in [0.1, 0.15) is 0 Å². The number of benzene rings is 3. The van der Waals surface area contributed by atoms with Crippen molar-refractivity contribution in [3.05, 3.63) is 89.5 Å². The molecule has 1 saturated carbocycles. The molecule has 1 fully saturated rings. The van der Waals surface area contributed by atoms with Gasteiger partial charge in [-0.05, 0) is 59.2 Å². The maximum Gasteiger partial charge on any atom is 0.253 e. The van der Waals surface area contributed by atoms with Gasteiger partial charge < -0.3 is 10.6 Å². The minimum atomic E-state index is 0.0685. The Bertz CT molecular complexity index is 1190. The highest BCUT2D eigenvalue weighted by molar-refractivity contribution is 6.01. The first-order valence-electron chi connectivity index (χ1n) is 12.1. The molecular formula is C29H30N2O. The monoisotopic (exact) mass is 422 g/mol. The number of anilines is 1. The van der Waals surface area contributed by atoms with Crippen LogP contribution >= 0.6 is 0 Å². The van der Waals surface area contributed by atoms with Crippen molar-refractivity contribution < 1.29 is 4.79 Å². The molecule has 1 aliphatic heterocycles. The lowest BCUT2D eigenvalue weighted by atomic mass is 9.76. The van der Waals surface area contributed by atoms with Gasteiger partial charge in [-0.15, -0.1) is 0 Å². The Kier molecular flexibility index (Phi) is 4.98. The van der Waals surface area contributed by atoms with E-state index in [0.717, 1.165) is 30.5 Å². The zero-order valence-electron chi connectivity index (χ0n) is 18.4. The predicted octanol–water partition coefficient (Wildman–Crippen LogP) is 6.73. The van der Waals surface area contributed by atoms with Crippen molar-refractivity contribution in [1.82, 2.24) is 5.32 Å². The molecule has 162 valence electrons. The number of hydrogen-bond acceptors (Lipinski definition) is 2. The molecule has 32 heavy (non-hydrogen) atoms.